The van der Waals surface area contributed by atoms with Crippen LogP contribution >= 0.6 is 11.3 Å². The lowest BCUT2D eigenvalue weighted by molar-refractivity contribution is 0.0383. The summed E-state index contributed by atoms with van der Waals surface area (Å²) in [4.78, 5) is 34.9. The Morgan fingerprint density at radius 2 is 1.95 bits per heavy atom. The molecule has 21 heavy (non-hydrogen) atoms. The second-order valence-electron chi connectivity index (χ2n) is 4.42. The molecule has 0 unspecified atom stereocenters. The highest BCUT2D eigenvalue weighted by Gasteiger charge is 2.19. The van der Waals surface area contributed by atoms with Crippen molar-refractivity contribution in [3.63, 3.8) is 0 Å². The van der Waals surface area contributed by atoms with E-state index in [0.29, 0.717) is 9.75 Å². The molecular formula is C14H12O6S. The Balaban J connectivity index is 2.40. The fourth-order valence-corrected chi connectivity index (χ4v) is 2.55. The van der Waals surface area contributed by atoms with E-state index in [1.165, 1.54) is 6.07 Å². The summed E-state index contributed by atoms with van der Waals surface area (Å²) in [7, 11) is 0. The Kier molecular flexibility index (Phi) is 4.23. The molecule has 2 heterocycles. The number of hydrogen-bond donors (Lipinski definition) is 1. The van der Waals surface area contributed by atoms with Gasteiger partial charge < -0.3 is 14.3 Å². The number of carbonyl (C=O) groups is 2. The molecule has 2 aromatic heterocycles. The van der Waals surface area contributed by atoms with Gasteiger partial charge in [0.05, 0.1) is 6.10 Å². The second kappa shape index (κ2) is 5.92. The molecule has 110 valence electrons. The maximum atomic E-state index is 11.8. The molecule has 0 aliphatic rings. The van der Waals surface area contributed by atoms with Crippen LogP contribution in [-0.2, 0) is 4.74 Å². The highest BCUT2D eigenvalue weighted by molar-refractivity contribution is 7.17. The van der Waals surface area contributed by atoms with Gasteiger partial charge in [0, 0.05) is 16.5 Å². The van der Waals surface area contributed by atoms with E-state index < -0.39 is 23.3 Å². The van der Waals surface area contributed by atoms with Gasteiger partial charge in [0.2, 0.25) is 5.76 Å². The van der Waals surface area contributed by atoms with E-state index in [1.54, 1.807) is 26.0 Å². The molecule has 0 saturated heterocycles. The molecule has 0 aliphatic carbocycles. The number of rotatable bonds is 4. The van der Waals surface area contributed by atoms with Gasteiger partial charge in [0.15, 0.2) is 0 Å². The monoisotopic (exact) mass is 308 g/mol. The summed E-state index contributed by atoms with van der Waals surface area (Å²) < 4.78 is 9.76. The van der Waals surface area contributed by atoms with Crippen LogP contribution in [0.4, 0.5) is 0 Å². The molecule has 0 aromatic carbocycles. The molecular weight excluding hydrogens is 296 g/mol. The fraction of sp³-hybridized carbons (Fsp3) is 0.214. The lowest BCUT2D eigenvalue weighted by atomic mass is 10.2. The van der Waals surface area contributed by atoms with Gasteiger partial charge in [-0.3, -0.25) is 0 Å². The third kappa shape index (κ3) is 3.38. The highest BCUT2D eigenvalue weighted by Crippen LogP contribution is 2.30. The van der Waals surface area contributed by atoms with Crippen molar-refractivity contribution in [1.29, 1.82) is 0 Å². The van der Waals surface area contributed by atoms with Crippen molar-refractivity contribution < 1.29 is 23.8 Å². The third-order valence-electron chi connectivity index (χ3n) is 2.44. The van der Waals surface area contributed by atoms with Gasteiger partial charge in [-0.2, -0.15) is 0 Å². The summed E-state index contributed by atoms with van der Waals surface area (Å²) in [6, 6.07) is 5.62. The lowest BCUT2D eigenvalue weighted by Crippen LogP contribution is -2.09. The Hall–Kier alpha value is -2.41. The Morgan fingerprint density at radius 3 is 2.57 bits per heavy atom. The van der Waals surface area contributed by atoms with Gasteiger partial charge in [-0.15, -0.1) is 11.3 Å². The van der Waals surface area contributed by atoms with Crippen molar-refractivity contribution in [1.82, 2.24) is 0 Å². The number of aromatic carboxylic acids is 1. The van der Waals surface area contributed by atoms with Crippen molar-refractivity contribution in [3.8, 4) is 10.4 Å². The maximum Gasteiger partial charge on any atom is 0.372 e. The third-order valence-corrected chi connectivity index (χ3v) is 3.54. The van der Waals surface area contributed by atoms with Gasteiger partial charge in [0.1, 0.15) is 4.88 Å². The van der Waals surface area contributed by atoms with Crippen LogP contribution in [0.15, 0.2) is 33.5 Å². The number of esters is 1. The van der Waals surface area contributed by atoms with Gasteiger partial charge in [-0.05, 0) is 32.0 Å². The van der Waals surface area contributed by atoms with Crippen LogP contribution in [-0.4, -0.2) is 23.1 Å². The van der Waals surface area contributed by atoms with Gasteiger partial charge in [-0.25, -0.2) is 14.4 Å². The Bertz CT molecular complexity index is 740. The number of carboxylic acid groups (broad SMARTS) is 1. The van der Waals surface area contributed by atoms with E-state index in [-0.39, 0.29) is 11.7 Å². The zero-order chi connectivity index (χ0) is 15.6. The molecule has 2 rings (SSSR count). The molecule has 1 N–H and O–H groups in total. The molecule has 0 saturated carbocycles. The standard InChI is InChI=1S/C14H12O6S/c1-7(2)19-14(18)10-5-4-9(21-10)8-3-6-11(15)20-12(8)13(16)17/h3-7H,1-2H3,(H,16,17). The summed E-state index contributed by atoms with van der Waals surface area (Å²) in [5.74, 6) is -2.27. The van der Waals surface area contributed by atoms with Crippen molar-refractivity contribution in [2.75, 3.05) is 0 Å². The lowest BCUT2D eigenvalue weighted by Gasteiger charge is -2.05. The molecule has 2 aromatic rings. The minimum absolute atomic E-state index is 0.243. The van der Waals surface area contributed by atoms with Gasteiger partial charge in [0.25, 0.3) is 0 Å². The average Bonchev–Trinajstić information content (AvgIpc) is 2.87. The first kappa shape index (κ1) is 15.0. The zero-order valence-electron chi connectivity index (χ0n) is 11.3. The molecule has 6 nitrogen and oxygen atoms in total. The number of carbonyl (C=O) groups excluding carboxylic acids is 1. The zero-order valence-corrected chi connectivity index (χ0v) is 12.1. The maximum absolute atomic E-state index is 11.8. The van der Waals surface area contributed by atoms with Crippen LogP contribution in [0.25, 0.3) is 10.4 Å². The van der Waals surface area contributed by atoms with E-state index in [0.717, 1.165) is 17.4 Å². The summed E-state index contributed by atoms with van der Waals surface area (Å²) in [6.45, 7) is 3.47. The van der Waals surface area contributed by atoms with Crippen LogP contribution in [0.1, 0.15) is 34.1 Å². The Labute approximate surface area is 123 Å². The molecule has 0 bridgehead atoms. The van der Waals surface area contributed by atoms with Crippen LogP contribution < -0.4 is 5.63 Å². The Morgan fingerprint density at radius 1 is 1.24 bits per heavy atom. The molecule has 0 spiro atoms. The van der Waals surface area contributed by atoms with Crippen LogP contribution in [0.2, 0.25) is 0 Å². The SMILES string of the molecule is CC(C)OC(=O)c1ccc(-c2ccc(=O)oc2C(=O)O)s1. The molecule has 0 amide bonds. The van der Waals surface area contributed by atoms with Crippen LogP contribution in [0, 0.1) is 0 Å². The first-order chi connectivity index (χ1) is 9.88. The smallest absolute Gasteiger partial charge is 0.372 e. The predicted molar refractivity (Wildman–Crippen MR) is 75.8 cm³/mol. The first-order valence-electron chi connectivity index (χ1n) is 6.07. The highest BCUT2D eigenvalue weighted by atomic mass is 32.1. The number of ether oxygens (including phenoxy) is 1. The first-order valence-corrected chi connectivity index (χ1v) is 6.88. The average molecular weight is 308 g/mol. The second-order valence-corrected chi connectivity index (χ2v) is 5.50. The minimum Gasteiger partial charge on any atom is -0.475 e. The van der Waals surface area contributed by atoms with E-state index in [4.69, 9.17) is 14.3 Å². The topological polar surface area (TPSA) is 93.8 Å². The molecule has 0 radical (unpaired) electrons. The normalized spacial score (nSPS) is 10.6. The van der Waals surface area contributed by atoms with Gasteiger partial charge >= 0.3 is 17.6 Å². The number of hydrogen-bond acceptors (Lipinski definition) is 6. The van der Waals surface area contributed by atoms with Gasteiger partial charge in [-0.1, -0.05) is 0 Å². The molecule has 0 atom stereocenters. The fourth-order valence-electron chi connectivity index (χ4n) is 1.63. The predicted octanol–water partition coefficient (Wildman–Crippen LogP) is 2.63. The number of carboxylic acids is 1. The van der Waals surface area contributed by atoms with Crippen molar-refractivity contribution >= 4 is 23.3 Å². The summed E-state index contributed by atoms with van der Waals surface area (Å²) >= 11 is 1.07. The molecule has 0 fully saturated rings. The summed E-state index contributed by atoms with van der Waals surface area (Å²) in [5, 5.41) is 9.07. The quantitative estimate of drug-likeness (QED) is 0.873. The van der Waals surface area contributed by atoms with E-state index in [1.807, 2.05) is 0 Å². The van der Waals surface area contributed by atoms with Crippen molar-refractivity contribution in [3.05, 3.63) is 45.3 Å². The molecule has 7 heteroatoms. The van der Waals surface area contributed by atoms with Crippen LogP contribution in [0.3, 0.4) is 0 Å². The van der Waals surface area contributed by atoms with E-state index >= 15 is 0 Å². The minimum atomic E-state index is -1.34. The summed E-state index contributed by atoms with van der Waals surface area (Å²) in [5.41, 5.74) is -0.497. The van der Waals surface area contributed by atoms with E-state index in [2.05, 4.69) is 0 Å². The summed E-state index contributed by atoms with van der Waals surface area (Å²) in [6.07, 6.45) is -0.243. The largest absolute Gasteiger partial charge is 0.475 e. The van der Waals surface area contributed by atoms with E-state index in [9.17, 15) is 14.4 Å². The molecule has 0 aliphatic heterocycles. The van der Waals surface area contributed by atoms with Crippen LogP contribution in [0.5, 0.6) is 0 Å². The number of thiophene rings is 1. The van der Waals surface area contributed by atoms with Crippen molar-refractivity contribution in [2.45, 2.75) is 20.0 Å². The van der Waals surface area contributed by atoms with Crippen molar-refractivity contribution in [2.24, 2.45) is 0 Å².